The monoisotopic (exact) mass is 430 g/mol. The first-order chi connectivity index (χ1) is 13.8. The fraction of sp³-hybridized carbons (Fsp3) is 0.250. The summed E-state index contributed by atoms with van der Waals surface area (Å²) in [5.74, 6) is 0.0511. The van der Waals surface area contributed by atoms with Gasteiger partial charge in [-0.25, -0.2) is 8.42 Å². The number of aromatic nitrogens is 3. The average Bonchev–Trinajstić information content (AvgIpc) is 3.02. The van der Waals surface area contributed by atoms with Crippen molar-refractivity contribution in [1.29, 1.82) is 0 Å². The summed E-state index contributed by atoms with van der Waals surface area (Å²) in [6.07, 6.45) is 0. The maximum Gasteiger partial charge on any atom is 0.234 e. The van der Waals surface area contributed by atoms with E-state index >= 15 is 0 Å². The van der Waals surface area contributed by atoms with Gasteiger partial charge in [0, 0.05) is 12.7 Å². The standard InChI is InChI=1S/C20H22N4O3S2/c1-14-9-10-17(15(2)11-14)21-19(25)12-28-20-23-22-18(24(20)3)13-29(26,27)16-7-5-4-6-8-16/h4-11H,12-13H2,1-3H3,(H,21,25). The Labute approximate surface area is 174 Å². The third-order valence-corrected chi connectivity index (χ3v) is 6.98. The number of amides is 1. The molecular weight excluding hydrogens is 408 g/mol. The Bertz CT molecular complexity index is 1130. The topological polar surface area (TPSA) is 94.0 Å². The van der Waals surface area contributed by atoms with Gasteiger partial charge >= 0.3 is 0 Å². The Morgan fingerprint density at radius 1 is 1.10 bits per heavy atom. The molecule has 0 radical (unpaired) electrons. The molecule has 152 valence electrons. The third-order valence-electron chi connectivity index (χ3n) is 4.33. The maximum absolute atomic E-state index is 12.5. The Hall–Kier alpha value is -2.65. The first kappa shape index (κ1) is 21.1. The van der Waals surface area contributed by atoms with E-state index in [1.165, 1.54) is 11.8 Å². The lowest BCUT2D eigenvalue weighted by Crippen LogP contribution is -2.15. The SMILES string of the molecule is Cc1ccc(NC(=O)CSc2nnc(CS(=O)(=O)c3ccccc3)n2C)c(C)c1. The molecule has 1 aromatic heterocycles. The number of thioether (sulfide) groups is 1. The smallest absolute Gasteiger partial charge is 0.234 e. The van der Waals surface area contributed by atoms with Gasteiger partial charge in [0.15, 0.2) is 15.0 Å². The quantitative estimate of drug-likeness (QED) is 0.579. The minimum Gasteiger partial charge on any atom is -0.325 e. The van der Waals surface area contributed by atoms with E-state index in [4.69, 9.17) is 0 Å². The van der Waals surface area contributed by atoms with Crippen LogP contribution in [0.3, 0.4) is 0 Å². The van der Waals surface area contributed by atoms with Crippen molar-refractivity contribution in [2.75, 3.05) is 11.1 Å². The molecule has 0 saturated carbocycles. The Kier molecular flexibility index (Phi) is 6.39. The highest BCUT2D eigenvalue weighted by atomic mass is 32.2. The average molecular weight is 431 g/mol. The molecule has 3 rings (SSSR count). The molecule has 0 atom stereocenters. The Balaban J connectivity index is 1.63. The highest BCUT2D eigenvalue weighted by Gasteiger charge is 2.20. The van der Waals surface area contributed by atoms with Crippen LogP contribution in [-0.2, 0) is 27.4 Å². The van der Waals surface area contributed by atoms with Gasteiger partial charge < -0.3 is 9.88 Å². The van der Waals surface area contributed by atoms with Crippen molar-refractivity contribution in [3.05, 3.63) is 65.5 Å². The fourth-order valence-corrected chi connectivity index (χ4v) is 4.81. The molecule has 2 aromatic carbocycles. The largest absolute Gasteiger partial charge is 0.325 e. The molecule has 0 aliphatic rings. The number of carbonyl (C=O) groups excluding carboxylic acids is 1. The summed E-state index contributed by atoms with van der Waals surface area (Å²) >= 11 is 1.21. The number of sulfone groups is 1. The molecule has 1 heterocycles. The van der Waals surface area contributed by atoms with Crippen LogP contribution in [-0.4, -0.2) is 34.8 Å². The van der Waals surface area contributed by atoms with Gasteiger partial charge in [-0.05, 0) is 37.6 Å². The highest BCUT2D eigenvalue weighted by Crippen LogP contribution is 2.21. The van der Waals surface area contributed by atoms with Crippen molar-refractivity contribution >= 4 is 33.2 Å². The highest BCUT2D eigenvalue weighted by molar-refractivity contribution is 7.99. The first-order valence-electron chi connectivity index (χ1n) is 8.92. The van der Waals surface area contributed by atoms with Gasteiger partial charge in [-0.3, -0.25) is 4.79 Å². The van der Waals surface area contributed by atoms with Crippen molar-refractivity contribution in [3.8, 4) is 0 Å². The second-order valence-electron chi connectivity index (χ2n) is 6.69. The van der Waals surface area contributed by atoms with Gasteiger partial charge in [0.25, 0.3) is 0 Å². The molecule has 0 aliphatic heterocycles. The van der Waals surface area contributed by atoms with Gasteiger partial charge in [0.2, 0.25) is 5.91 Å². The van der Waals surface area contributed by atoms with E-state index in [2.05, 4.69) is 15.5 Å². The van der Waals surface area contributed by atoms with Crippen molar-refractivity contribution in [1.82, 2.24) is 14.8 Å². The third kappa shape index (κ3) is 5.24. The van der Waals surface area contributed by atoms with Crippen LogP contribution in [0, 0.1) is 13.8 Å². The first-order valence-corrected chi connectivity index (χ1v) is 11.6. The van der Waals surface area contributed by atoms with E-state index in [0.29, 0.717) is 11.0 Å². The van der Waals surface area contributed by atoms with E-state index in [1.807, 2.05) is 32.0 Å². The molecule has 9 heteroatoms. The zero-order chi connectivity index (χ0) is 21.0. The van der Waals surface area contributed by atoms with Crippen molar-refractivity contribution in [2.24, 2.45) is 7.05 Å². The number of rotatable bonds is 7. The normalized spacial score (nSPS) is 11.4. The number of hydrogen-bond acceptors (Lipinski definition) is 6. The molecular formula is C20H22N4O3S2. The summed E-state index contributed by atoms with van der Waals surface area (Å²) in [4.78, 5) is 12.5. The Morgan fingerprint density at radius 3 is 2.52 bits per heavy atom. The summed E-state index contributed by atoms with van der Waals surface area (Å²) < 4.78 is 26.7. The van der Waals surface area contributed by atoms with Crippen molar-refractivity contribution in [3.63, 3.8) is 0 Å². The molecule has 0 unspecified atom stereocenters. The molecule has 0 bridgehead atoms. The van der Waals surface area contributed by atoms with Gasteiger partial charge in [-0.15, -0.1) is 10.2 Å². The van der Waals surface area contributed by atoms with E-state index < -0.39 is 9.84 Å². The predicted molar refractivity (Wildman–Crippen MR) is 114 cm³/mol. The van der Waals surface area contributed by atoms with Crippen molar-refractivity contribution in [2.45, 2.75) is 29.7 Å². The van der Waals surface area contributed by atoms with Crippen LogP contribution >= 0.6 is 11.8 Å². The number of anilines is 1. The van der Waals surface area contributed by atoms with Gasteiger partial charge in [-0.2, -0.15) is 0 Å². The van der Waals surface area contributed by atoms with Crippen molar-refractivity contribution < 1.29 is 13.2 Å². The zero-order valence-corrected chi connectivity index (χ0v) is 18.0. The van der Waals surface area contributed by atoms with E-state index in [0.717, 1.165) is 16.8 Å². The van der Waals surface area contributed by atoms with Crippen LogP contribution in [0.1, 0.15) is 17.0 Å². The Morgan fingerprint density at radius 2 is 1.83 bits per heavy atom. The molecule has 29 heavy (non-hydrogen) atoms. The van der Waals surface area contributed by atoms with E-state index in [1.54, 1.807) is 41.9 Å². The second kappa shape index (κ2) is 8.79. The number of carbonyl (C=O) groups is 1. The molecule has 1 amide bonds. The summed E-state index contributed by atoms with van der Waals surface area (Å²) in [6, 6.07) is 14.1. The summed E-state index contributed by atoms with van der Waals surface area (Å²) in [6.45, 7) is 3.94. The summed E-state index contributed by atoms with van der Waals surface area (Å²) in [5, 5.41) is 11.4. The van der Waals surface area contributed by atoms with Crippen LogP contribution in [0.25, 0.3) is 0 Å². The van der Waals surface area contributed by atoms with Crippen LogP contribution in [0.15, 0.2) is 58.6 Å². The molecule has 0 saturated heterocycles. The zero-order valence-electron chi connectivity index (χ0n) is 16.4. The fourth-order valence-electron chi connectivity index (χ4n) is 2.75. The second-order valence-corrected chi connectivity index (χ2v) is 9.62. The number of aryl methyl sites for hydroxylation is 2. The molecule has 0 fully saturated rings. The van der Waals surface area contributed by atoms with Crippen LogP contribution in [0.4, 0.5) is 5.69 Å². The lowest BCUT2D eigenvalue weighted by Gasteiger charge is -2.09. The van der Waals surface area contributed by atoms with Gasteiger partial charge in [0.1, 0.15) is 11.6 Å². The lowest BCUT2D eigenvalue weighted by atomic mass is 10.1. The molecule has 3 aromatic rings. The minimum atomic E-state index is -3.51. The summed E-state index contributed by atoms with van der Waals surface area (Å²) in [7, 11) is -1.82. The molecule has 0 spiro atoms. The number of nitrogens with zero attached hydrogens (tertiary/aromatic N) is 3. The van der Waals surface area contributed by atoms with E-state index in [-0.39, 0.29) is 22.3 Å². The number of nitrogens with one attached hydrogen (secondary N) is 1. The van der Waals surface area contributed by atoms with Crippen LogP contribution < -0.4 is 5.32 Å². The van der Waals surface area contributed by atoms with E-state index in [9.17, 15) is 13.2 Å². The number of benzene rings is 2. The van der Waals surface area contributed by atoms with Gasteiger partial charge in [-0.1, -0.05) is 47.7 Å². The summed E-state index contributed by atoms with van der Waals surface area (Å²) in [5.41, 5.74) is 2.90. The number of hydrogen-bond donors (Lipinski definition) is 1. The van der Waals surface area contributed by atoms with Gasteiger partial charge in [0.05, 0.1) is 10.6 Å². The molecule has 7 nitrogen and oxygen atoms in total. The predicted octanol–water partition coefficient (Wildman–Crippen LogP) is 3.14. The molecule has 0 aliphatic carbocycles. The molecule has 1 N–H and O–H groups in total. The van der Waals surface area contributed by atoms with Crippen LogP contribution in [0.2, 0.25) is 0 Å². The minimum absolute atomic E-state index is 0.144. The maximum atomic E-state index is 12.5. The lowest BCUT2D eigenvalue weighted by molar-refractivity contribution is -0.113. The van der Waals surface area contributed by atoms with Crippen LogP contribution in [0.5, 0.6) is 0 Å².